The van der Waals surface area contributed by atoms with Crippen LogP contribution in [0.2, 0.25) is 0 Å². The predicted molar refractivity (Wildman–Crippen MR) is 144 cm³/mol. The van der Waals surface area contributed by atoms with Crippen LogP contribution in [0.3, 0.4) is 0 Å². The van der Waals surface area contributed by atoms with E-state index in [-0.39, 0.29) is 46.8 Å². The number of ether oxygens (including phenoxy) is 1. The number of halogens is 2. The first kappa shape index (κ1) is 32.2. The fourth-order valence-electron chi connectivity index (χ4n) is 3.38. The molecule has 39 heavy (non-hydrogen) atoms. The Kier molecular flexibility index (Phi) is 13.9. The summed E-state index contributed by atoms with van der Waals surface area (Å²) >= 11 is 0. The molecule has 0 unspecified atom stereocenters. The molecule has 0 fully saturated rings. The van der Waals surface area contributed by atoms with E-state index in [0.717, 1.165) is 21.9 Å². The van der Waals surface area contributed by atoms with Gasteiger partial charge < -0.3 is 9.84 Å². The van der Waals surface area contributed by atoms with Gasteiger partial charge in [0, 0.05) is 0 Å². The van der Waals surface area contributed by atoms with Gasteiger partial charge in [-0.2, -0.15) is 8.42 Å². The Hall–Kier alpha value is -3.01. The summed E-state index contributed by atoms with van der Waals surface area (Å²) in [6.07, 6.45) is 0. The van der Waals surface area contributed by atoms with Crippen LogP contribution in [0.5, 0.6) is 11.5 Å². The van der Waals surface area contributed by atoms with Crippen molar-refractivity contribution in [2.45, 2.75) is 4.90 Å². The van der Waals surface area contributed by atoms with Gasteiger partial charge in [0.25, 0.3) is 10.1 Å². The third kappa shape index (κ3) is 10.6. The molecular weight excluding hydrogens is 533 g/mol. The molecule has 0 spiro atoms. The first-order chi connectivity index (χ1) is 18.4. The summed E-state index contributed by atoms with van der Waals surface area (Å²) in [4.78, 5) is 0.0449. The summed E-state index contributed by atoms with van der Waals surface area (Å²) in [6, 6.07) is 34.3. The van der Waals surface area contributed by atoms with Gasteiger partial charge in [0.1, 0.15) is 25.7 Å². The van der Waals surface area contributed by atoms with Crippen molar-refractivity contribution in [1.82, 2.24) is 0 Å². The van der Waals surface area contributed by atoms with Gasteiger partial charge in [-0.3, -0.25) is 4.18 Å². The van der Waals surface area contributed by atoms with E-state index >= 15 is 0 Å². The minimum absolute atomic E-state index is 0. The average Bonchev–Trinajstić information content (AvgIpc) is 2.96. The summed E-state index contributed by atoms with van der Waals surface area (Å²) < 4.78 is 55.5. The van der Waals surface area contributed by atoms with Crippen molar-refractivity contribution in [3.05, 3.63) is 115 Å². The fourth-order valence-corrected chi connectivity index (χ4v) is 4.29. The topological polar surface area (TPSA) is 75.7 Å². The molecule has 0 radical (unpaired) electrons. The van der Waals surface area contributed by atoms with Gasteiger partial charge in [-0.15, -0.1) is 5.75 Å². The molecule has 5 aromatic rings. The first-order valence-corrected chi connectivity index (χ1v) is 13.2. The molecule has 0 aliphatic carbocycles. The number of alkyl halides is 2. The van der Waals surface area contributed by atoms with E-state index in [2.05, 4.69) is 4.18 Å². The summed E-state index contributed by atoms with van der Waals surface area (Å²) in [6.45, 7) is -1.57. The van der Waals surface area contributed by atoms with Gasteiger partial charge in [0.05, 0.1) is 11.5 Å². The summed E-state index contributed by atoms with van der Waals surface area (Å²) in [5, 5.41) is 15.3. The minimum Gasteiger partial charge on any atom is -0.872 e. The maximum atomic E-state index is 11.9. The van der Waals surface area contributed by atoms with E-state index in [0.29, 0.717) is 0 Å². The fraction of sp³-hybridized carbons (Fsp3) is 0.133. The van der Waals surface area contributed by atoms with Gasteiger partial charge in [-0.25, -0.2) is 8.78 Å². The Bertz CT molecular complexity index is 1530. The number of fused-ring (bicyclic) bond motifs is 2. The molecule has 0 atom stereocenters. The molecule has 9 heteroatoms. The molecule has 0 bridgehead atoms. The molecule has 5 aromatic carbocycles. The second kappa shape index (κ2) is 16.8. The van der Waals surface area contributed by atoms with E-state index in [1.165, 1.54) is 17.5 Å². The van der Waals surface area contributed by atoms with Gasteiger partial charge in [-0.1, -0.05) is 91.0 Å². The Labute approximate surface area is 249 Å². The van der Waals surface area contributed by atoms with Crippen LogP contribution in [0, 0.1) is 0 Å². The second-order valence-electron chi connectivity index (χ2n) is 7.83. The van der Waals surface area contributed by atoms with Crippen molar-refractivity contribution in [3.63, 3.8) is 0 Å². The Morgan fingerprint density at radius 1 is 0.615 bits per heavy atom. The monoisotopic (exact) mass is 560 g/mol. The van der Waals surface area contributed by atoms with Gasteiger partial charge in [0.15, 0.2) is 0 Å². The van der Waals surface area contributed by atoms with Crippen molar-refractivity contribution >= 4 is 31.7 Å². The van der Waals surface area contributed by atoms with E-state index in [1.54, 1.807) is 30.3 Å². The van der Waals surface area contributed by atoms with E-state index < -0.39 is 30.1 Å². The SMILES string of the molecule is FCCOc1ccc2ccccc2c1.O=S(=O)(OCCF)c1ccccc1.[Na+].[O-]c1ccc2ccccc2c1. The van der Waals surface area contributed by atoms with Gasteiger partial charge in [-0.05, 0) is 45.8 Å². The second-order valence-corrected chi connectivity index (χ2v) is 9.45. The molecule has 5 nitrogen and oxygen atoms in total. The Balaban J connectivity index is 0.000000204. The summed E-state index contributed by atoms with van der Waals surface area (Å²) in [7, 11) is -3.76. The van der Waals surface area contributed by atoms with E-state index in [9.17, 15) is 22.3 Å². The van der Waals surface area contributed by atoms with Crippen LogP contribution in [-0.2, 0) is 14.3 Å². The quantitative estimate of drug-likeness (QED) is 0.225. The number of benzene rings is 5. The molecule has 0 aromatic heterocycles. The van der Waals surface area contributed by atoms with Crippen LogP contribution < -0.4 is 39.4 Å². The predicted octanol–water partition coefficient (Wildman–Crippen LogP) is 3.47. The maximum absolute atomic E-state index is 11.9. The van der Waals surface area contributed by atoms with Gasteiger partial charge >= 0.3 is 29.6 Å². The smallest absolute Gasteiger partial charge is 0.872 e. The molecule has 0 aliphatic heterocycles. The zero-order chi connectivity index (χ0) is 27.2. The number of rotatable bonds is 7. The van der Waals surface area contributed by atoms with Crippen LogP contribution in [0.15, 0.2) is 120 Å². The van der Waals surface area contributed by atoms with E-state index in [1.807, 2.05) is 72.8 Å². The van der Waals surface area contributed by atoms with Crippen LogP contribution in [-0.4, -0.2) is 35.0 Å². The molecule has 198 valence electrons. The summed E-state index contributed by atoms with van der Waals surface area (Å²) in [5.74, 6) is 0.796. The largest absolute Gasteiger partial charge is 1.00 e. The molecule has 0 heterocycles. The number of hydrogen-bond donors (Lipinski definition) is 0. The zero-order valence-corrected chi connectivity index (χ0v) is 24.3. The number of hydrogen-bond acceptors (Lipinski definition) is 5. The molecule has 0 saturated carbocycles. The van der Waals surface area contributed by atoms with Crippen molar-refractivity contribution in [2.75, 3.05) is 26.6 Å². The van der Waals surface area contributed by atoms with Crippen LogP contribution >= 0.6 is 0 Å². The van der Waals surface area contributed by atoms with Crippen LogP contribution in [0.1, 0.15) is 0 Å². The van der Waals surface area contributed by atoms with Crippen molar-refractivity contribution in [3.8, 4) is 11.5 Å². The molecule has 0 N–H and O–H groups in total. The van der Waals surface area contributed by atoms with Crippen molar-refractivity contribution in [1.29, 1.82) is 0 Å². The molecule has 0 aliphatic rings. The van der Waals surface area contributed by atoms with Crippen molar-refractivity contribution < 1.29 is 60.8 Å². The minimum atomic E-state index is -3.76. The first-order valence-electron chi connectivity index (χ1n) is 11.8. The zero-order valence-electron chi connectivity index (χ0n) is 21.5. The maximum Gasteiger partial charge on any atom is 1.00 e. The third-order valence-corrected chi connectivity index (χ3v) is 6.46. The molecule has 0 saturated heterocycles. The normalized spacial score (nSPS) is 10.4. The average molecular weight is 561 g/mol. The third-order valence-electron chi connectivity index (χ3n) is 5.14. The van der Waals surface area contributed by atoms with Crippen LogP contribution in [0.4, 0.5) is 8.78 Å². The molecule has 5 rings (SSSR count). The molecular formula is C30H27F2NaO5S. The van der Waals surface area contributed by atoms with E-state index in [4.69, 9.17) is 4.74 Å². The summed E-state index contributed by atoms with van der Waals surface area (Å²) in [5.41, 5.74) is 0. The standard InChI is InChI=1S/C12H11FO.C10H8O.C8H9FO3S.Na/c13-7-8-14-12-6-5-10-3-1-2-4-11(10)9-12;11-10-6-5-8-3-1-2-4-9(8)7-10;9-6-7-12-13(10,11)8-4-2-1-3-5-8;/h1-6,9H,7-8H2;1-7,11H;1-5H,6-7H2;/q;;;+1/p-1. The Morgan fingerprint density at radius 2 is 1.13 bits per heavy atom. The Morgan fingerprint density at radius 3 is 1.72 bits per heavy atom. The van der Waals surface area contributed by atoms with Gasteiger partial charge in [0.2, 0.25) is 0 Å². The van der Waals surface area contributed by atoms with Crippen molar-refractivity contribution in [2.24, 2.45) is 0 Å². The molecule has 0 amide bonds. The van der Waals surface area contributed by atoms with Crippen LogP contribution in [0.25, 0.3) is 21.5 Å².